The standard InChI is InChI=1S/C12H11ClFN3O2S/c1-2-17-11(7-3-4-8(13)9(14)5-7)15-16-12(17)20-6-10(18)19/h3-5H,2,6H2,1H3,(H,18,19). The molecule has 0 radical (unpaired) electrons. The summed E-state index contributed by atoms with van der Waals surface area (Å²) in [6, 6.07) is 4.38. The highest BCUT2D eigenvalue weighted by molar-refractivity contribution is 7.99. The predicted molar refractivity (Wildman–Crippen MR) is 74.5 cm³/mol. The molecule has 20 heavy (non-hydrogen) atoms. The molecule has 0 unspecified atom stereocenters. The third-order valence-corrected chi connectivity index (χ3v) is 3.79. The summed E-state index contributed by atoms with van der Waals surface area (Å²) >= 11 is 6.72. The van der Waals surface area contributed by atoms with Crippen LogP contribution in [0.4, 0.5) is 4.39 Å². The molecule has 106 valence electrons. The number of hydrogen-bond acceptors (Lipinski definition) is 4. The van der Waals surface area contributed by atoms with Gasteiger partial charge in [0, 0.05) is 12.1 Å². The fourth-order valence-electron chi connectivity index (χ4n) is 1.66. The summed E-state index contributed by atoms with van der Waals surface area (Å²) in [6.45, 7) is 2.43. The van der Waals surface area contributed by atoms with Crippen molar-refractivity contribution in [2.45, 2.75) is 18.6 Å². The smallest absolute Gasteiger partial charge is 0.313 e. The maximum atomic E-state index is 13.5. The second-order valence-electron chi connectivity index (χ2n) is 3.86. The average Bonchev–Trinajstić information content (AvgIpc) is 2.82. The highest BCUT2D eigenvalue weighted by Gasteiger charge is 2.15. The van der Waals surface area contributed by atoms with E-state index >= 15 is 0 Å². The fraction of sp³-hybridized carbons (Fsp3) is 0.250. The third-order valence-electron chi connectivity index (χ3n) is 2.54. The lowest BCUT2D eigenvalue weighted by Crippen LogP contribution is -2.03. The molecule has 0 fully saturated rings. The van der Waals surface area contributed by atoms with E-state index in [0.717, 1.165) is 11.8 Å². The maximum Gasteiger partial charge on any atom is 0.313 e. The van der Waals surface area contributed by atoms with Crippen molar-refractivity contribution in [3.8, 4) is 11.4 Å². The minimum absolute atomic E-state index is 0.0387. The molecule has 0 aliphatic rings. The Labute approximate surface area is 123 Å². The number of halogens is 2. The Morgan fingerprint density at radius 2 is 2.25 bits per heavy atom. The van der Waals surface area contributed by atoms with E-state index in [4.69, 9.17) is 16.7 Å². The Morgan fingerprint density at radius 1 is 1.50 bits per heavy atom. The first kappa shape index (κ1) is 14.8. The van der Waals surface area contributed by atoms with Gasteiger partial charge in [0.25, 0.3) is 0 Å². The quantitative estimate of drug-likeness (QED) is 0.859. The average molecular weight is 316 g/mol. The van der Waals surface area contributed by atoms with Crippen LogP contribution in [-0.4, -0.2) is 31.6 Å². The molecule has 0 spiro atoms. The number of hydrogen-bond donors (Lipinski definition) is 1. The van der Waals surface area contributed by atoms with Gasteiger partial charge in [-0.15, -0.1) is 10.2 Å². The Morgan fingerprint density at radius 3 is 2.85 bits per heavy atom. The van der Waals surface area contributed by atoms with Crippen LogP contribution >= 0.6 is 23.4 Å². The molecule has 0 aliphatic heterocycles. The van der Waals surface area contributed by atoms with Gasteiger partial charge < -0.3 is 9.67 Å². The van der Waals surface area contributed by atoms with Crippen molar-refractivity contribution < 1.29 is 14.3 Å². The maximum absolute atomic E-state index is 13.5. The van der Waals surface area contributed by atoms with E-state index in [9.17, 15) is 9.18 Å². The molecule has 2 aromatic rings. The van der Waals surface area contributed by atoms with Crippen LogP contribution in [0.3, 0.4) is 0 Å². The molecular formula is C12H11ClFN3O2S. The number of nitrogens with zero attached hydrogens (tertiary/aromatic N) is 3. The van der Waals surface area contributed by atoms with Gasteiger partial charge in [-0.25, -0.2) is 4.39 Å². The van der Waals surface area contributed by atoms with Gasteiger partial charge in [-0.3, -0.25) is 4.79 Å². The Hall–Kier alpha value is -1.60. The van der Waals surface area contributed by atoms with Crippen molar-refractivity contribution >= 4 is 29.3 Å². The summed E-state index contributed by atoms with van der Waals surface area (Å²) in [5.74, 6) is -1.09. The highest BCUT2D eigenvalue weighted by atomic mass is 35.5. The summed E-state index contributed by atoms with van der Waals surface area (Å²) in [7, 11) is 0. The second-order valence-corrected chi connectivity index (χ2v) is 5.21. The Bertz CT molecular complexity index is 648. The van der Waals surface area contributed by atoms with Crippen molar-refractivity contribution in [2.75, 3.05) is 5.75 Å². The van der Waals surface area contributed by atoms with E-state index in [0.29, 0.717) is 23.1 Å². The van der Waals surface area contributed by atoms with Gasteiger partial charge in [0.15, 0.2) is 11.0 Å². The molecule has 1 aromatic heterocycles. The van der Waals surface area contributed by atoms with Crippen LogP contribution in [0.5, 0.6) is 0 Å². The van der Waals surface area contributed by atoms with Gasteiger partial charge in [0.2, 0.25) is 0 Å². The number of carboxylic acid groups (broad SMARTS) is 1. The van der Waals surface area contributed by atoms with Gasteiger partial charge in [0.1, 0.15) is 5.82 Å². The van der Waals surface area contributed by atoms with Gasteiger partial charge in [-0.2, -0.15) is 0 Å². The SMILES string of the molecule is CCn1c(SCC(=O)O)nnc1-c1ccc(Cl)c(F)c1. The van der Waals surface area contributed by atoms with Crippen LogP contribution in [0.2, 0.25) is 5.02 Å². The lowest BCUT2D eigenvalue weighted by atomic mass is 10.2. The van der Waals surface area contributed by atoms with Crippen LogP contribution < -0.4 is 0 Å². The van der Waals surface area contributed by atoms with Crippen LogP contribution in [0.25, 0.3) is 11.4 Å². The zero-order chi connectivity index (χ0) is 14.7. The number of thioether (sulfide) groups is 1. The number of rotatable bonds is 5. The summed E-state index contributed by atoms with van der Waals surface area (Å²) in [5, 5.41) is 17.2. The third kappa shape index (κ3) is 3.10. The zero-order valence-corrected chi connectivity index (χ0v) is 12.1. The summed E-state index contributed by atoms with van der Waals surface area (Å²) < 4.78 is 15.2. The Kier molecular flexibility index (Phi) is 4.61. The van der Waals surface area contributed by atoms with Gasteiger partial charge in [-0.1, -0.05) is 23.4 Å². The number of carboxylic acids is 1. The van der Waals surface area contributed by atoms with Gasteiger partial charge in [-0.05, 0) is 25.1 Å². The molecule has 1 N–H and O–H groups in total. The molecule has 0 aliphatic carbocycles. The molecule has 1 aromatic carbocycles. The first-order chi connectivity index (χ1) is 9.52. The zero-order valence-electron chi connectivity index (χ0n) is 10.5. The molecule has 0 bridgehead atoms. The lowest BCUT2D eigenvalue weighted by molar-refractivity contribution is -0.133. The van der Waals surface area contributed by atoms with Gasteiger partial charge >= 0.3 is 5.97 Å². The van der Waals surface area contributed by atoms with Crippen LogP contribution in [-0.2, 0) is 11.3 Å². The monoisotopic (exact) mass is 315 g/mol. The first-order valence-corrected chi connectivity index (χ1v) is 7.12. The molecule has 0 atom stereocenters. The molecule has 8 heteroatoms. The lowest BCUT2D eigenvalue weighted by Gasteiger charge is -2.07. The van der Waals surface area contributed by atoms with Gasteiger partial charge in [0.05, 0.1) is 10.8 Å². The topological polar surface area (TPSA) is 68.0 Å². The summed E-state index contributed by atoms with van der Waals surface area (Å²) in [4.78, 5) is 10.6. The summed E-state index contributed by atoms with van der Waals surface area (Å²) in [5.41, 5.74) is 0.545. The number of benzene rings is 1. The highest BCUT2D eigenvalue weighted by Crippen LogP contribution is 2.26. The predicted octanol–water partition coefficient (Wildman–Crippen LogP) is 2.93. The Balaban J connectivity index is 2.36. The van der Waals surface area contributed by atoms with Crippen LogP contribution in [0, 0.1) is 5.82 Å². The van der Waals surface area contributed by atoms with Crippen molar-refractivity contribution in [1.29, 1.82) is 0 Å². The summed E-state index contributed by atoms with van der Waals surface area (Å²) in [6.07, 6.45) is 0. The first-order valence-electron chi connectivity index (χ1n) is 5.76. The minimum atomic E-state index is -0.931. The van der Waals surface area contributed by atoms with Crippen molar-refractivity contribution in [1.82, 2.24) is 14.8 Å². The molecular weight excluding hydrogens is 305 g/mol. The van der Waals surface area contributed by atoms with E-state index in [2.05, 4.69) is 10.2 Å². The number of aromatic nitrogens is 3. The minimum Gasteiger partial charge on any atom is -0.481 e. The van der Waals surface area contributed by atoms with Crippen molar-refractivity contribution in [3.05, 3.63) is 29.0 Å². The van der Waals surface area contributed by atoms with Crippen LogP contribution in [0.1, 0.15) is 6.92 Å². The van der Waals surface area contributed by atoms with E-state index in [1.807, 2.05) is 6.92 Å². The van der Waals surface area contributed by atoms with Crippen molar-refractivity contribution in [3.63, 3.8) is 0 Å². The van der Waals surface area contributed by atoms with E-state index in [1.165, 1.54) is 12.1 Å². The van der Waals surface area contributed by atoms with E-state index < -0.39 is 11.8 Å². The van der Waals surface area contributed by atoms with Crippen LogP contribution in [0.15, 0.2) is 23.4 Å². The molecule has 0 amide bonds. The number of carbonyl (C=O) groups is 1. The van der Waals surface area contributed by atoms with E-state index in [-0.39, 0.29) is 10.8 Å². The number of aliphatic carboxylic acids is 1. The molecule has 0 saturated carbocycles. The molecule has 1 heterocycles. The largest absolute Gasteiger partial charge is 0.481 e. The fourth-order valence-corrected chi connectivity index (χ4v) is 2.50. The molecule has 5 nitrogen and oxygen atoms in total. The second kappa shape index (κ2) is 6.23. The molecule has 0 saturated heterocycles. The normalized spacial score (nSPS) is 10.8. The van der Waals surface area contributed by atoms with E-state index in [1.54, 1.807) is 10.6 Å². The van der Waals surface area contributed by atoms with Crippen molar-refractivity contribution in [2.24, 2.45) is 0 Å². The molecule has 2 rings (SSSR count).